The molecule has 0 aromatic heterocycles. The molecule has 0 aromatic rings. The Kier molecular flexibility index (Phi) is 3.85. The summed E-state index contributed by atoms with van der Waals surface area (Å²) >= 11 is 0. The lowest BCUT2D eigenvalue weighted by molar-refractivity contribution is -0.135. The third-order valence-electron chi connectivity index (χ3n) is 3.63. The van der Waals surface area contributed by atoms with Crippen LogP contribution < -0.4 is 5.32 Å². The summed E-state index contributed by atoms with van der Waals surface area (Å²) in [4.78, 5) is 14.5. The van der Waals surface area contributed by atoms with Crippen LogP contribution in [0.1, 0.15) is 39.5 Å². The van der Waals surface area contributed by atoms with Crippen molar-refractivity contribution >= 4 is 5.91 Å². The van der Waals surface area contributed by atoms with E-state index in [1.165, 1.54) is 12.8 Å². The molecular weight excluding hydrogens is 200 g/mol. The van der Waals surface area contributed by atoms with Crippen molar-refractivity contribution in [3.8, 4) is 0 Å². The largest absolute Gasteiger partial charge is 0.339 e. The van der Waals surface area contributed by atoms with Gasteiger partial charge in [-0.1, -0.05) is 13.8 Å². The highest BCUT2D eigenvalue weighted by molar-refractivity contribution is 5.80. The number of hydrogen-bond donors (Lipinski definition) is 1. The Bertz CT molecular complexity index is 242. The molecule has 3 heteroatoms. The monoisotopic (exact) mass is 224 g/mol. The van der Waals surface area contributed by atoms with Crippen LogP contribution in [0.2, 0.25) is 0 Å². The molecule has 1 saturated carbocycles. The third-order valence-corrected chi connectivity index (χ3v) is 3.63. The molecule has 92 valence electrons. The Balaban J connectivity index is 1.87. The number of rotatable bonds is 5. The van der Waals surface area contributed by atoms with Crippen LogP contribution in [0, 0.1) is 11.8 Å². The second kappa shape index (κ2) is 5.17. The van der Waals surface area contributed by atoms with Gasteiger partial charge >= 0.3 is 0 Å². The molecule has 0 radical (unpaired) electrons. The van der Waals surface area contributed by atoms with Crippen molar-refractivity contribution in [2.45, 2.75) is 45.6 Å². The van der Waals surface area contributed by atoms with Gasteiger partial charge in [-0.3, -0.25) is 4.79 Å². The van der Waals surface area contributed by atoms with E-state index in [1.54, 1.807) is 0 Å². The van der Waals surface area contributed by atoms with Gasteiger partial charge in [0.15, 0.2) is 0 Å². The highest BCUT2D eigenvalue weighted by Crippen LogP contribution is 2.29. The van der Waals surface area contributed by atoms with Gasteiger partial charge in [0.05, 0.1) is 5.92 Å². The standard InChI is InChI=1S/C13H24N2O/c1-10(2)6-8-15(12-3-4-12)13(16)11-5-7-14-9-11/h10-12,14H,3-9H2,1-2H3. The van der Waals surface area contributed by atoms with E-state index in [4.69, 9.17) is 0 Å². The highest BCUT2D eigenvalue weighted by Gasteiger charge is 2.36. The van der Waals surface area contributed by atoms with E-state index >= 15 is 0 Å². The van der Waals surface area contributed by atoms with Gasteiger partial charge in [-0.15, -0.1) is 0 Å². The van der Waals surface area contributed by atoms with Crippen LogP contribution in [-0.2, 0) is 4.79 Å². The van der Waals surface area contributed by atoms with Gasteiger partial charge < -0.3 is 10.2 Å². The van der Waals surface area contributed by atoms with Crippen LogP contribution in [-0.4, -0.2) is 36.5 Å². The average Bonchev–Trinajstić information content (AvgIpc) is 2.93. The van der Waals surface area contributed by atoms with Crippen molar-refractivity contribution in [2.24, 2.45) is 11.8 Å². The summed E-state index contributed by atoms with van der Waals surface area (Å²) < 4.78 is 0. The normalized spacial score (nSPS) is 25.1. The van der Waals surface area contributed by atoms with Crippen molar-refractivity contribution in [1.82, 2.24) is 10.2 Å². The van der Waals surface area contributed by atoms with Gasteiger partial charge in [0.25, 0.3) is 0 Å². The van der Waals surface area contributed by atoms with Crippen molar-refractivity contribution in [3.05, 3.63) is 0 Å². The zero-order valence-corrected chi connectivity index (χ0v) is 10.5. The molecule has 1 unspecified atom stereocenters. The second-order valence-electron chi connectivity index (χ2n) is 5.64. The predicted octanol–water partition coefficient (Wildman–Crippen LogP) is 1.63. The number of carbonyl (C=O) groups excluding carboxylic acids is 1. The smallest absolute Gasteiger partial charge is 0.227 e. The Hall–Kier alpha value is -0.570. The molecule has 1 saturated heterocycles. The van der Waals surface area contributed by atoms with Crippen molar-refractivity contribution in [1.29, 1.82) is 0 Å². The maximum Gasteiger partial charge on any atom is 0.227 e. The van der Waals surface area contributed by atoms with Crippen molar-refractivity contribution < 1.29 is 4.79 Å². The van der Waals surface area contributed by atoms with E-state index in [0.717, 1.165) is 32.5 Å². The first kappa shape index (κ1) is 11.9. The third kappa shape index (κ3) is 2.97. The van der Waals surface area contributed by atoms with E-state index in [1.807, 2.05) is 0 Å². The number of hydrogen-bond acceptors (Lipinski definition) is 2. The number of amides is 1. The van der Waals surface area contributed by atoms with E-state index in [-0.39, 0.29) is 5.92 Å². The van der Waals surface area contributed by atoms with Gasteiger partial charge in [-0.05, 0) is 38.1 Å². The topological polar surface area (TPSA) is 32.3 Å². The second-order valence-corrected chi connectivity index (χ2v) is 5.64. The fourth-order valence-electron chi connectivity index (χ4n) is 2.36. The lowest BCUT2D eigenvalue weighted by Crippen LogP contribution is -2.39. The number of nitrogens with zero attached hydrogens (tertiary/aromatic N) is 1. The molecule has 1 atom stereocenters. The fraction of sp³-hybridized carbons (Fsp3) is 0.923. The molecule has 2 fully saturated rings. The minimum atomic E-state index is 0.257. The lowest BCUT2D eigenvalue weighted by Gasteiger charge is -2.26. The first-order valence-electron chi connectivity index (χ1n) is 6.69. The first-order valence-corrected chi connectivity index (χ1v) is 6.69. The summed E-state index contributed by atoms with van der Waals surface area (Å²) in [5, 5.41) is 3.28. The molecule has 2 rings (SSSR count). The summed E-state index contributed by atoms with van der Waals surface area (Å²) in [7, 11) is 0. The Labute approximate surface area is 98.6 Å². The molecule has 1 N–H and O–H groups in total. The van der Waals surface area contributed by atoms with E-state index < -0.39 is 0 Å². The molecule has 0 spiro atoms. The van der Waals surface area contributed by atoms with E-state index in [2.05, 4.69) is 24.1 Å². The molecule has 3 nitrogen and oxygen atoms in total. The zero-order valence-electron chi connectivity index (χ0n) is 10.5. The molecule has 0 bridgehead atoms. The molecule has 1 aliphatic heterocycles. The SMILES string of the molecule is CC(C)CCN(C(=O)C1CCNC1)C1CC1. The first-order chi connectivity index (χ1) is 7.68. The maximum atomic E-state index is 12.3. The van der Waals surface area contributed by atoms with E-state index in [9.17, 15) is 4.79 Å². The summed E-state index contributed by atoms with van der Waals surface area (Å²) in [6, 6.07) is 0.576. The minimum Gasteiger partial charge on any atom is -0.339 e. The molecule has 0 aromatic carbocycles. The lowest BCUT2D eigenvalue weighted by atomic mass is 10.1. The summed E-state index contributed by atoms with van der Waals surface area (Å²) in [6.45, 7) is 7.33. The molecule has 1 aliphatic carbocycles. The van der Waals surface area contributed by atoms with Crippen LogP contribution in [0.5, 0.6) is 0 Å². The van der Waals surface area contributed by atoms with E-state index in [0.29, 0.717) is 17.9 Å². The maximum absolute atomic E-state index is 12.3. The zero-order chi connectivity index (χ0) is 11.5. The van der Waals surface area contributed by atoms with Crippen LogP contribution >= 0.6 is 0 Å². The molecule has 1 amide bonds. The van der Waals surface area contributed by atoms with Gasteiger partial charge in [-0.25, -0.2) is 0 Å². The molecule has 2 aliphatic rings. The van der Waals surface area contributed by atoms with Gasteiger partial charge in [0.1, 0.15) is 0 Å². The van der Waals surface area contributed by atoms with Crippen molar-refractivity contribution in [2.75, 3.05) is 19.6 Å². The fourth-order valence-corrected chi connectivity index (χ4v) is 2.36. The van der Waals surface area contributed by atoms with Crippen LogP contribution in [0.4, 0.5) is 0 Å². The average molecular weight is 224 g/mol. The molecular formula is C13H24N2O. The Morgan fingerprint density at radius 2 is 2.12 bits per heavy atom. The summed E-state index contributed by atoms with van der Waals surface area (Å²) in [5.74, 6) is 1.36. The molecule has 16 heavy (non-hydrogen) atoms. The summed E-state index contributed by atoms with van der Waals surface area (Å²) in [5.41, 5.74) is 0. The Morgan fingerprint density at radius 3 is 2.62 bits per heavy atom. The van der Waals surface area contributed by atoms with Crippen molar-refractivity contribution in [3.63, 3.8) is 0 Å². The summed E-state index contributed by atoms with van der Waals surface area (Å²) in [6.07, 6.45) is 4.63. The van der Waals surface area contributed by atoms with Crippen LogP contribution in [0.15, 0.2) is 0 Å². The van der Waals surface area contributed by atoms with Gasteiger partial charge in [-0.2, -0.15) is 0 Å². The van der Waals surface area contributed by atoms with Gasteiger partial charge in [0, 0.05) is 19.1 Å². The molecule has 1 heterocycles. The number of nitrogens with one attached hydrogen (secondary N) is 1. The van der Waals surface area contributed by atoms with Crippen LogP contribution in [0.25, 0.3) is 0 Å². The highest BCUT2D eigenvalue weighted by atomic mass is 16.2. The van der Waals surface area contributed by atoms with Gasteiger partial charge in [0.2, 0.25) is 5.91 Å². The predicted molar refractivity (Wildman–Crippen MR) is 65.2 cm³/mol. The van der Waals surface area contributed by atoms with Crippen LogP contribution in [0.3, 0.4) is 0 Å². The Morgan fingerprint density at radius 1 is 1.38 bits per heavy atom. The minimum absolute atomic E-state index is 0.257. The number of carbonyl (C=O) groups is 1. The quantitative estimate of drug-likeness (QED) is 0.770.